The highest BCUT2D eigenvalue weighted by Crippen LogP contribution is 2.62. The lowest BCUT2D eigenvalue weighted by molar-refractivity contribution is 0.534. The smallest absolute Gasteiger partial charge is 0.000761 e. The molecule has 0 aliphatic heterocycles. The normalized spacial score (nSPS) is 15.6. The van der Waals surface area contributed by atoms with Crippen molar-refractivity contribution in [3.05, 3.63) is 217 Å². The van der Waals surface area contributed by atoms with Crippen LogP contribution in [0.5, 0.6) is 0 Å². The number of allylic oxidation sites excluding steroid dienone is 6. The lowest BCUT2D eigenvalue weighted by Crippen LogP contribution is -2.02. The van der Waals surface area contributed by atoms with Gasteiger partial charge in [-0.25, -0.2) is 0 Å². The molecule has 0 nitrogen and oxygen atoms in total. The summed E-state index contributed by atoms with van der Waals surface area (Å²) >= 11 is 0. The highest BCUT2D eigenvalue weighted by molar-refractivity contribution is 6.43. The zero-order valence-electron chi connectivity index (χ0n) is 38.7. The van der Waals surface area contributed by atoms with Crippen LogP contribution in [0.3, 0.4) is 0 Å². The largest absolute Gasteiger partial charge is 0.0842 e. The molecule has 0 heterocycles. The van der Waals surface area contributed by atoms with E-state index in [1.165, 1.54) is 161 Å². The maximum Gasteiger partial charge on any atom is -0.000761 e. The van der Waals surface area contributed by atoms with E-state index in [1.807, 2.05) is 0 Å². The molecule has 4 aliphatic carbocycles. The maximum absolute atomic E-state index is 2.61. The van der Waals surface area contributed by atoms with Crippen molar-refractivity contribution in [3.8, 4) is 89.0 Å². The van der Waals surface area contributed by atoms with Gasteiger partial charge in [-0.05, 0) is 198 Å². The van der Waals surface area contributed by atoms with E-state index < -0.39 is 0 Å². The summed E-state index contributed by atoms with van der Waals surface area (Å²) in [5, 5.41) is 10.9. The van der Waals surface area contributed by atoms with Crippen LogP contribution >= 0.6 is 0 Å². The Morgan fingerprint density at radius 1 is 0.348 bits per heavy atom. The minimum Gasteiger partial charge on any atom is -0.0842 e. The number of rotatable bonds is 6. The molecule has 0 N–H and O–H groups in total. The fourth-order valence-electron chi connectivity index (χ4n) is 13.2. The Balaban J connectivity index is 1.10. The fourth-order valence-corrected chi connectivity index (χ4v) is 13.2. The Morgan fingerprint density at radius 3 is 1.43 bits per heavy atom. The van der Waals surface area contributed by atoms with Crippen LogP contribution in [0.25, 0.3) is 143 Å². The maximum atomic E-state index is 2.61. The summed E-state index contributed by atoms with van der Waals surface area (Å²) in [6.07, 6.45) is 15.1. The Labute approximate surface area is 403 Å². The minimum atomic E-state index is 0.723. The van der Waals surface area contributed by atoms with Gasteiger partial charge >= 0.3 is 0 Å². The fraction of sp³-hybridized carbons (Fsp3) is 0.101. The molecule has 0 radical (unpaired) electrons. The molecule has 15 rings (SSSR count). The van der Waals surface area contributed by atoms with Gasteiger partial charge in [0.25, 0.3) is 0 Å². The highest BCUT2D eigenvalue weighted by Gasteiger charge is 2.35. The third kappa shape index (κ3) is 5.58. The van der Waals surface area contributed by atoms with Crippen LogP contribution < -0.4 is 0 Å². The summed E-state index contributed by atoms with van der Waals surface area (Å²) in [7, 11) is 0. The van der Waals surface area contributed by atoms with Crippen molar-refractivity contribution in [2.24, 2.45) is 5.92 Å². The first-order valence-corrected chi connectivity index (χ1v) is 25.1. The molecule has 0 aromatic heterocycles. The van der Waals surface area contributed by atoms with E-state index in [2.05, 4.69) is 213 Å². The summed E-state index contributed by atoms with van der Waals surface area (Å²) < 4.78 is 0. The molecule has 0 saturated carbocycles. The van der Waals surface area contributed by atoms with Gasteiger partial charge in [0.05, 0.1) is 0 Å². The molecule has 0 bridgehead atoms. The van der Waals surface area contributed by atoms with Gasteiger partial charge in [0.15, 0.2) is 0 Å². The minimum absolute atomic E-state index is 0.723. The predicted molar refractivity (Wildman–Crippen MR) is 296 cm³/mol. The molecule has 69 heavy (non-hydrogen) atoms. The Bertz CT molecular complexity index is 4070. The standard InChI is InChI=1S/C69H48/c1-41-26-28-46(29-27-41)51-33-31-48(43-18-8-3-9-19-43)61-56-38-39-58-65-53(34-36-55(62(51)61)66(56)65)54-35-37-57-63-49(44-20-10-4-11-21-44)30-32-50(45-22-12-5-13-23-45)64(63)60-40-59(67(58)69(54)68(57)60)52-25-15-14-24-47(52)42-16-6-2-7-17-42/h2-12,14-22,24-25,28,30-41H,13,23,26-27,29H2,1H3. The van der Waals surface area contributed by atoms with E-state index in [0.29, 0.717) is 0 Å². The highest BCUT2D eigenvalue weighted by atomic mass is 14.4. The van der Waals surface area contributed by atoms with Crippen molar-refractivity contribution in [2.75, 3.05) is 0 Å². The van der Waals surface area contributed by atoms with Gasteiger partial charge in [-0.3, -0.25) is 0 Å². The third-order valence-corrected chi connectivity index (χ3v) is 16.3. The van der Waals surface area contributed by atoms with Gasteiger partial charge in [0, 0.05) is 0 Å². The average molecular weight is 877 g/mol. The molecule has 0 amide bonds. The van der Waals surface area contributed by atoms with Crippen LogP contribution in [0.1, 0.15) is 50.2 Å². The van der Waals surface area contributed by atoms with E-state index in [0.717, 1.165) is 31.6 Å². The zero-order valence-corrected chi connectivity index (χ0v) is 38.7. The topological polar surface area (TPSA) is 0 Å². The van der Waals surface area contributed by atoms with Crippen molar-refractivity contribution in [3.63, 3.8) is 0 Å². The van der Waals surface area contributed by atoms with Crippen LogP contribution in [0.2, 0.25) is 0 Å². The number of hydrogen-bond acceptors (Lipinski definition) is 0. The van der Waals surface area contributed by atoms with Crippen molar-refractivity contribution in [1.82, 2.24) is 0 Å². The second-order valence-electron chi connectivity index (χ2n) is 20.1. The SMILES string of the molecule is CC1CC=C(c2ccc(-c3ccccc3)c3c2-c2ccc4c5ccc6c7c(cc(-c8ccccc8-c8ccccc8)c(c8ccc-3c2c48)c75)-c2c(C3=CC=CCC3)ccc(-c3ccccc3)c2-6)CC1. The quantitative estimate of drug-likeness (QED) is 0.115. The Morgan fingerprint density at radius 2 is 0.841 bits per heavy atom. The van der Waals surface area contributed by atoms with Crippen LogP contribution in [0.4, 0.5) is 0 Å². The first-order chi connectivity index (χ1) is 34.2. The Kier molecular flexibility index (Phi) is 8.46. The van der Waals surface area contributed by atoms with E-state index in [9.17, 15) is 0 Å². The lowest BCUT2D eigenvalue weighted by Gasteiger charge is -2.22. The van der Waals surface area contributed by atoms with Crippen molar-refractivity contribution in [2.45, 2.75) is 39.0 Å². The van der Waals surface area contributed by atoms with E-state index in [1.54, 1.807) is 0 Å². The molecular weight excluding hydrogens is 829 g/mol. The Hall–Kier alpha value is -8.06. The van der Waals surface area contributed by atoms with Gasteiger partial charge in [-0.2, -0.15) is 0 Å². The van der Waals surface area contributed by atoms with E-state index >= 15 is 0 Å². The van der Waals surface area contributed by atoms with Crippen LogP contribution in [-0.2, 0) is 0 Å². The lowest BCUT2D eigenvalue weighted by atomic mass is 9.81. The molecular formula is C69H48. The summed E-state index contributed by atoms with van der Waals surface area (Å²) in [4.78, 5) is 0. The van der Waals surface area contributed by atoms with Crippen LogP contribution in [0.15, 0.2) is 206 Å². The molecule has 0 heteroatoms. The van der Waals surface area contributed by atoms with Gasteiger partial charge in [0.2, 0.25) is 0 Å². The molecule has 11 aromatic rings. The molecule has 1 unspecified atom stereocenters. The van der Waals surface area contributed by atoms with Crippen molar-refractivity contribution < 1.29 is 0 Å². The molecule has 4 aliphatic rings. The molecule has 1 atom stereocenters. The summed E-state index contributed by atoms with van der Waals surface area (Å²) in [6, 6.07) is 69.6. The monoisotopic (exact) mass is 876 g/mol. The first-order valence-electron chi connectivity index (χ1n) is 25.1. The predicted octanol–water partition coefficient (Wildman–Crippen LogP) is 19.6. The second kappa shape index (κ2) is 15.0. The van der Waals surface area contributed by atoms with Crippen molar-refractivity contribution in [1.29, 1.82) is 0 Å². The van der Waals surface area contributed by atoms with E-state index in [4.69, 9.17) is 0 Å². The summed E-state index contributed by atoms with van der Waals surface area (Å²) in [6.45, 7) is 2.40. The number of hydrogen-bond donors (Lipinski definition) is 0. The number of fused-ring (bicyclic) bond motifs is 8. The molecule has 11 aromatic carbocycles. The van der Waals surface area contributed by atoms with Gasteiger partial charge in [-0.15, -0.1) is 0 Å². The van der Waals surface area contributed by atoms with Crippen LogP contribution in [0, 0.1) is 5.92 Å². The molecule has 0 fully saturated rings. The van der Waals surface area contributed by atoms with Gasteiger partial charge in [0.1, 0.15) is 0 Å². The summed E-state index contributed by atoms with van der Waals surface area (Å²) in [5.74, 6) is 0.723. The first kappa shape index (κ1) is 39.0. The van der Waals surface area contributed by atoms with Crippen molar-refractivity contribution >= 4 is 54.2 Å². The second-order valence-corrected chi connectivity index (χ2v) is 20.1. The van der Waals surface area contributed by atoms with Gasteiger partial charge in [-0.1, -0.05) is 207 Å². The van der Waals surface area contributed by atoms with E-state index in [-0.39, 0.29) is 0 Å². The zero-order chi connectivity index (χ0) is 45.3. The summed E-state index contributed by atoms with van der Waals surface area (Å²) in [5.41, 5.74) is 26.8. The molecule has 0 spiro atoms. The van der Waals surface area contributed by atoms with Gasteiger partial charge < -0.3 is 0 Å². The average Bonchev–Trinajstić information content (AvgIpc) is 3.95. The van der Waals surface area contributed by atoms with Crippen LogP contribution in [-0.4, -0.2) is 0 Å². The molecule has 324 valence electrons. The molecule has 0 saturated heterocycles. The third-order valence-electron chi connectivity index (χ3n) is 16.3. The number of benzene rings is 11.